The number of rotatable bonds is 7. The average Bonchev–Trinajstić information content (AvgIpc) is 2.62. The number of amides is 1. The molecule has 0 aromatic heterocycles. The molecule has 7 nitrogen and oxygen atoms in total. The van der Waals surface area contributed by atoms with Crippen molar-refractivity contribution in [2.75, 3.05) is 30.1 Å². The Hall–Kier alpha value is -2.45. The Balaban J connectivity index is 2.39. The predicted octanol–water partition coefficient (Wildman–Crippen LogP) is 3.15. The number of sulfonamides is 1. The first-order valence-electron chi connectivity index (χ1n) is 7.96. The second kappa shape index (κ2) is 8.49. The first-order chi connectivity index (χ1) is 12.7. The molecular formula is C18H21ClN2O5S. The summed E-state index contributed by atoms with van der Waals surface area (Å²) in [4.78, 5) is 12.7. The van der Waals surface area contributed by atoms with Gasteiger partial charge in [-0.05, 0) is 31.2 Å². The minimum absolute atomic E-state index is 0.275. The number of nitrogens with one attached hydrogen (secondary N) is 1. The maximum Gasteiger partial charge on any atom is 0.248 e. The highest BCUT2D eigenvalue weighted by Gasteiger charge is 2.30. The van der Waals surface area contributed by atoms with Crippen LogP contribution in [0.2, 0.25) is 5.02 Å². The number of hydrogen-bond acceptors (Lipinski definition) is 5. The Morgan fingerprint density at radius 1 is 1.11 bits per heavy atom. The molecule has 0 radical (unpaired) electrons. The molecule has 0 aliphatic heterocycles. The van der Waals surface area contributed by atoms with Crippen LogP contribution < -0.4 is 19.1 Å². The zero-order chi connectivity index (χ0) is 20.2. The standard InChI is InChI=1S/C18H21ClN2O5S/c1-12(18(22)20-15-8-6-5-7-14(15)19)21(27(4,23)24)13-9-10-16(25-2)17(11-13)26-3/h5-12H,1-4H3,(H,20,22)/t12-/m1/s1. The number of nitrogens with zero attached hydrogens (tertiary/aromatic N) is 1. The smallest absolute Gasteiger partial charge is 0.248 e. The fourth-order valence-electron chi connectivity index (χ4n) is 2.57. The molecule has 0 bridgehead atoms. The van der Waals surface area contributed by atoms with Crippen LogP contribution in [-0.4, -0.2) is 40.8 Å². The van der Waals surface area contributed by atoms with Crippen LogP contribution in [0, 0.1) is 0 Å². The monoisotopic (exact) mass is 412 g/mol. The molecule has 1 atom stereocenters. The molecule has 0 fully saturated rings. The molecule has 146 valence electrons. The van der Waals surface area contributed by atoms with Gasteiger partial charge in [-0.1, -0.05) is 23.7 Å². The Labute approximate surface area is 163 Å². The van der Waals surface area contributed by atoms with E-state index in [9.17, 15) is 13.2 Å². The summed E-state index contributed by atoms with van der Waals surface area (Å²) in [7, 11) is -0.844. The second-order valence-corrected chi connectivity index (χ2v) is 8.01. The number of ether oxygens (including phenoxy) is 2. The summed E-state index contributed by atoms with van der Waals surface area (Å²) < 4.78 is 36.2. The Morgan fingerprint density at radius 3 is 2.30 bits per heavy atom. The molecule has 0 spiro atoms. The lowest BCUT2D eigenvalue weighted by atomic mass is 10.2. The first kappa shape index (κ1) is 20.9. The van der Waals surface area contributed by atoms with Gasteiger partial charge in [0.15, 0.2) is 11.5 Å². The van der Waals surface area contributed by atoms with E-state index in [2.05, 4.69) is 5.32 Å². The van der Waals surface area contributed by atoms with E-state index in [0.717, 1.165) is 10.6 Å². The van der Waals surface area contributed by atoms with Crippen LogP contribution in [0.3, 0.4) is 0 Å². The Morgan fingerprint density at radius 2 is 1.74 bits per heavy atom. The van der Waals surface area contributed by atoms with E-state index < -0.39 is 22.0 Å². The maximum atomic E-state index is 12.7. The highest BCUT2D eigenvalue weighted by molar-refractivity contribution is 7.92. The van der Waals surface area contributed by atoms with Crippen molar-refractivity contribution in [3.05, 3.63) is 47.5 Å². The van der Waals surface area contributed by atoms with Gasteiger partial charge in [-0.3, -0.25) is 9.10 Å². The Kier molecular flexibility index (Phi) is 6.56. The molecule has 2 rings (SSSR count). The van der Waals surface area contributed by atoms with E-state index in [0.29, 0.717) is 22.2 Å². The van der Waals surface area contributed by atoms with Crippen molar-refractivity contribution in [3.8, 4) is 11.5 Å². The molecule has 1 amide bonds. The van der Waals surface area contributed by atoms with Gasteiger partial charge in [-0.2, -0.15) is 0 Å². The third kappa shape index (κ3) is 4.84. The van der Waals surface area contributed by atoms with Gasteiger partial charge in [-0.15, -0.1) is 0 Å². The van der Waals surface area contributed by atoms with Crippen molar-refractivity contribution in [3.63, 3.8) is 0 Å². The van der Waals surface area contributed by atoms with Crippen LogP contribution in [-0.2, 0) is 14.8 Å². The van der Waals surface area contributed by atoms with Gasteiger partial charge in [0.25, 0.3) is 0 Å². The maximum absolute atomic E-state index is 12.7. The van der Waals surface area contributed by atoms with Crippen LogP contribution in [0.25, 0.3) is 0 Å². The van der Waals surface area contributed by atoms with Gasteiger partial charge in [0.1, 0.15) is 6.04 Å². The fraction of sp³-hybridized carbons (Fsp3) is 0.278. The van der Waals surface area contributed by atoms with E-state index in [1.54, 1.807) is 36.4 Å². The van der Waals surface area contributed by atoms with E-state index in [1.165, 1.54) is 27.2 Å². The molecule has 9 heteroatoms. The van der Waals surface area contributed by atoms with Crippen molar-refractivity contribution in [1.29, 1.82) is 0 Å². The zero-order valence-corrected chi connectivity index (χ0v) is 17.0. The molecule has 0 saturated heterocycles. The highest BCUT2D eigenvalue weighted by atomic mass is 35.5. The molecule has 0 heterocycles. The molecule has 0 saturated carbocycles. The Bertz CT molecular complexity index is 933. The summed E-state index contributed by atoms with van der Waals surface area (Å²) in [5.74, 6) is 0.272. The number of anilines is 2. The van der Waals surface area contributed by atoms with Crippen molar-refractivity contribution in [2.24, 2.45) is 0 Å². The third-order valence-electron chi connectivity index (χ3n) is 3.84. The zero-order valence-electron chi connectivity index (χ0n) is 15.4. The van der Waals surface area contributed by atoms with Gasteiger partial charge in [0, 0.05) is 6.07 Å². The first-order valence-corrected chi connectivity index (χ1v) is 10.2. The third-order valence-corrected chi connectivity index (χ3v) is 5.41. The lowest BCUT2D eigenvalue weighted by molar-refractivity contribution is -0.116. The number of carbonyl (C=O) groups is 1. The van der Waals surface area contributed by atoms with E-state index in [1.807, 2.05) is 0 Å². The molecule has 2 aromatic rings. The molecular weight excluding hydrogens is 392 g/mol. The van der Waals surface area contributed by atoms with Crippen molar-refractivity contribution in [1.82, 2.24) is 0 Å². The summed E-state index contributed by atoms with van der Waals surface area (Å²) in [6.45, 7) is 1.49. The van der Waals surface area contributed by atoms with Crippen molar-refractivity contribution in [2.45, 2.75) is 13.0 Å². The molecule has 0 aliphatic rings. The normalized spacial score (nSPS) is 12.2. The highest BCUT2D eigenvalue weighted by Crippen LogP contribution is 2.33. The van der Waals surface area contributed by atoms with Crippen LogP contribution in [0.1, 0.15) is 6.92 Å². The molecule has 0 aliphatic carbocycles. The van der Waals surface area contributed by atoms with Gasteiger partial charge < -0.3 is 14.8 Å². The summed E-state index contributed by atoms with van der Waals surface area (Å²) in [6.07, 6.45) is 1.03. The van der Waals surface area contributed by atoms with Crippen LogP contribution in [0.15, 0.2) is 42.5 Å². The van der Waals surface area contributed by atoms with E-state index in [4.69, 9.17) is 21.1 Å². The molecule has 2 aromatic carbocycles. The molecule has 1 N–H and O–H groups in total. The van der Waals surface area contributed by atoms with Crippen molar-refractivity contribution < 1.29 is 22.7 Å². The lowest BCUT2D eigenvalue weighted by Gasteiger charge is -2.28. The SMILES string of the molecule is COc1ccc(N([C@H](C)C(=O)Nc2ccccc2Cl)S(C)(=O)=O)cc1OC. The number of halogens is 1. The summed E-state index contributed by atoms with van der Waals surface area (Å²) in [6, 6.07) is 10.3. The molecule has 27 heavy (non-hydrogen) atoms. The van der Waals surface area contributed by atoms with Crippen LogP contribution >= 0.6 is 11.6 Å². The van der Waals surface area contributed by atoms with Gasteiger partial charge in [-0.25, -0.2) is 8.42 Å². The fourth-order valence-corrected chi connectivity index (χ4v) is 3.92. The molecule has 0 unspecified atom stereocenters. The van der Waals surface area contributed by atoms with E-state index in [-0.39, 0.29) is 5.69 Å². The number of benzene rings is 2. The second-order valence-electron chi connectivity index (χ2n) is 5.74. The number of carbonyl (C=O) groups excluding carboxylic acids is 1. The quantitative estimate of drug-likeness (QED) is 0.755. The van der Waals surface area contributed by atoms with Crippen LogP contribution in [0.5, 0.6) is 11.5 Å². The summed E-state index contributed by atoms with van der Waals surface area (Å²) in [5, 5.41) is 3.01. The number of hydrogen-bond donors (Lipinski definition) is 1. The largest absolute Gasteiger partial charge is 0.493 e. The number of para-hydroxylation sites is 1. The summed E-state index contributed by atoms with van der Waals surface area (Å²) in [5.41, 5.74) is 0.675. The average molecular weight is 413 g/mol. The lowest BCUT2D eigenvalue weighted by Crippen LogP contribution is -2.45. The minimum Gasteiger partial charge on any atom is -0.493 e. The predicted molar refractivity (Wildman–Crippen MR) is 106 cm³/mol. The van der Waals surface area contributed by atoms with Crippen molar-refractivity contribution >= 4 is 38.9 Å². The minimum atomic E-state index is -3.77. The van der Waals surface area contributed by atoms with Gasteiger partial charge >= 0.3 is 0 Å². The van der Waals surface area contributed by atoms with E-state index >= 15 is 0 Å². The summed E-state index contributed by atoms with van der Waals surface area (Å²) >= 11 is 6.06. The van der Waals surface area contributed by atoms with Gasteiger partial charge in [0.05, 0.1) is 36.9 Å². The topological polar surface area (TPSA) is 84.9 Å². The number of methoxy groups -OCH3 is 2. The van der Waals surface area contributed by atoms with Crippen LogP contribution in [0.4, 0.5) is 11.4 Å². The van der Waals surface area contributed by atoms with Gasteiger partial charge in [0.2, 0.25) is 15.9 Å².